The normalized spacial score (nSPS) is 18.2. The second-order valence-corrected chi connectivity index (χ2v) is 9.27. The Hall–Kier alpha value is -3.35. The van der Waals surface area contributed by atoms with Gasteiger partial charge >= 0.3 is 0 Å². The number of hydrogen-bond acceptors (Lipinski definition) is 6. The highest BCUT2D eigenvalue weighted by molar-refractivity contribution is 6.01. The zero-order valence-electron chi connectivity index (χ0n) is 20.7. The Labute approximate surface area is 207 Å². The molecule has 1 aliphatic carbocycles. The van der Waals surface area contributed by atoms with E-state index in [9.17, 15) is 9.59 Å². The molecular formula is C28H35N3O4. The highest BCUT2D eigenvalue weighted by Gasteiger charge is 2.25. The summed E-state index contributed by atoms with van der Waals surface area (Å²) in [6.45, 7) is 2.49. The van der Waals surface area contributed by atoms with Crippen LogP contribution in [0, 0.1) is 0 Å². The molecule has 186 valence electrons. The Balaban J connectivity index is 1.50. The number of carbonyl (C=O) groups is 2. The van der Waals surface area contributed by atoms with Crippen molar-refractivity contribution in [3.63, 3.8) is 0 Å². The van der Waals surface area contributed by atoms with E-state index in [-0.39, 0.29) is 18.1 Å². The molecular weight excluding hydrogens is 442 g/mol. The molecule has 1 heterocycles. The fraction of sp³-hybridized carbons (Fsp3) is 0.464. The Morgan fingerprint density at radius 2 is 1.89 bits per heavy atom. The van der Waals surface area contributed by atoms with E-state index in [1.54, 1.807) is 7.11 Å². The molecule has 0 spiro atoms. The van der Waals surface area contributed by atoms with Crippen LogP contribution in [0.15, 0.2) is 47.6 Å². The van der Waals surface area contributed by atoms with E-state index in [2.05, 4.69) is 5.32 Å². The molecule has 1 aliphatic heterocycles. The minimum absolute atomic E-state index is 0.0160. The summed E-state index contributed by atoms with van der Waals surface area (Å²) in [5, 5.41) is 9.64. The SMILES string of the molecule is CCCC(=O)Nc1ccc(CN2N=C(c3ccc(OC)c(OC4CCCC4)c3)CCC2C=O)cc1. The maximum absolute atomic E-state index is 11.8. The van der Waals surface area contributed by atoms with Gasteiger partial charge in [0, 0.05) is 17.7 Å². The number of hydrazone groups is 1. The van der Waals surface area contributed by atoms with Crippen molar-refractivity contribution in [3.05, 3.63) is 53.6 Å². The number of amides is 1. The molecule has 0 radical (unpaired) electrons. The molecule has 7 nitrogen and oxygen atoms in total. The molecule has 0 bridgehead atoms. The first-order chi connectivity index (χ1) is 17.1. The molecule has 2 aromatic carbocycles. The average molecular weight is 478 g/mol. The van der Waals surface area contributed by atoms with Gasteiger partial charge in [0.15, 0.2) is 11.5 Å². The van der Waals surface area contributed by atoms with Crippen LogP contribution in [-0.4, -0.2) is 42.2 Å². The third kappa shape index (κ3) is 6.41. The van der Waals surface area contributed by atoms with Gasteiger partial charge in [-0.15, -0.1) is 0 Å². The maximum atomic E-state index is 11.8. The Morgan fingerprint density at radius 1 is 1.11 bits per heavy atom. The number of methoxy groups -OCH3 is 1. The maximum Gasteiger partial charge on any atom is 0.224 e. The van der Waals surface area contributed by atoms with Crippen LogP contribution in [0.25, 0.3) is 0 Å². The number of rotatable bonds is 10. The standard InChI is InChI=1S/C28H35N3O4/c1-3-6-28(33)29-22-12-9-20(10-13-22)18-31-23(19-32)14-15-25(30-31)21-11-16-26(34-2)27(17-21)35-24-7-4-5-8-24/h9-13,16-17,19,23-24H,3-8,14-15,18H2,1-2H3,(H,29,33). The monoisotopic (exact) mass is 477 g/mol. The third-order valence-corrected chi connectivity index (χ3v) is 6.62. The predicted octanol–water partition coefficient (Wildman–Crippen LogP) is 5.32. The smallest absolute Gasteiger partial charge is 0.224 e. The van der Waals surface area contributed by atoms with Crippen molar-refractivity contribution in [3.8, 4) is 11.5 Å². The van der Waals surface area contributed by atoms with Gasteiger partial charge in [-0.25, -0.2) is 0 Å². The second-order valence-electron chi connectivity index (χ2n) is 9.27. The summed E-state index contributed by atoms with van der Waals surface area (Å²) in [6, 6.07) is 13.4. The number of nitrogens with zero attached hydrogens (tertiary/aromatic N) is 2. The molecule has 1 atom stereocenters. The summed E-state index contributed by atoms with van der Waals surface area (Å²) >= 11 is 0. The number of aldehydes is 1. The topological polar surface area (TPSA) is 80.2 Å². The van der Waals surface area contributed by atoms with Crippen molar-refractivity contribution < 1.29 is 19.1 Å². The largest absolute Gasteiger partial charge is 0.493 e. The highest BCUT2D eigenvalue weighted by Crippen LogP contribution is 2.33. The Kier molecular flexibility index (Phi) is 8.40. The lowest BCUT2D eigenvalue weighted by Crippen LogP contribution is -2.37. The van der Waals surface area contributed by atoms with Gasteiger partial charge in [-0.2, -0.15) is 5.10 Å². The van der Waals surface area contributed by atoms with Crippen molar-refractivity contribution in [1.82, 2.24) is 5.01 Å². The number of hydrogen-bond donors (Lipinski definition) is 1. The highest BCUT2D eigenvalue weighted by atomic mass is 16.5. The molecule has 1 unspecified atom stereocenters. The minimum atomic E-state index is -0.268. The molecule has 1 saturated carbocycles. The van der Waals surface area contributed by atoms with Gasteiger partial charge in [0.2, 0.25) is 5.91 Å². The first-order valence-electron chi connectivity index (χ1n) is 12.6. The fourth-order valence-electron chi connectivity index (χ4n) is 4.67. The van der Waals surface area contributed by atoms with Crippen LogP contribution in [0.2, 0.25) is 0 Å². The lowest BCUT2D eigenvalue weighted by Gasteiger charge is -2.31. The summed E-state index contributed by atoms with van der Waals surface area (Å²) in [7, 11) is 1.66. The molecule has 0 aromatic heterocycles. The number of ether oxygens (including phenoxy) is 2. The second kappa shape index (κ2) is 11.9. The summed E-state index contributed by atoms with van der Waals surface area (Å²) in [5.74, 6) is 1.50. The van der Waals surface area contributed by atoms with Crippen LogP contribution < -0.4 is 14.8 Å². The van der Waals surface area contributed by atoms with E-state index in [0.29, 0.717) is 19.4 Å². The van der Waals surface area contributed by atoms with Gasteiger partial charge in [-0.3, -0.25) is 9.80 Å². The molecule has 1 N–H and O–H groups in total. The Morgan fingerprint density at radius 3 is 2.57 bits per heavy atom. The molecule has 1 amide bonds. The summed E-state index contributed by atoms with van der Waals surface area (Å²) < 4.78 is 11.8. The van der Waals surface area contributed by atoms with Crippen LogP contribution in [0.1, 0.15) is 69.4 Å². The van der Waals surface area contributed by atoms with Gasteiger partial charge < -0.3 is 19.6 Å². The Bertz CT molecular complexity index is 1040. The first-order valence-corrected chi connectivity index (χ1v) is 12.6. The van der Waals surface area contributed by atoms with Crippen LogP contribution in [0.3, 0.4) is 0 Å². The summed E-state index contributed by atoms with van der Waals surface area (Å²) in [6.07, 6.45) is 8.51. The molecule has 4 rings (SSSR count). The van der Waals surface area contributed by atoms with E-state index < -0.39 is 0 Å². The number of nitrogens with one attached hydrogen (secondary N) is 1. The zero-order chi connectivity index (χ0) is 24.6. The van der Waals surface area contributed by atoms with Crippen LogP contribution in [0.5, 0.6) is 11.5 Å². The number of benzene rings is 2. The predicted molar refractivity (Wildman–Crippen MR) is 137 cm³/mol. The zero-order valence-corrected chi connectivity index (χ0v) is 20.7. The molecule has 7 heteroatoms. The van der Waals surface area contributed by atoms with E-state index >= 15 is 0 Å². The average Bonchev–Trinajstić information content (AvgIpc) is 3.38. The van der Waals surface area contributed by atoms with Gasteiger partial charge in [0.1, 0.15) is 12.3 Å². The summed E-state index contributed by atoms with van der Waals surface area (Å²) in [4.78, 5) is 23.6. The summed E-state index contributed by atoms with van der Waals surface area (Å²) in [5.41, 5.74) is 3.72. The van der Waals surface area contributed by atoms with E-state index in [1.807, 2.05) is 54.4 Å². The van der Waals surface area contributed by atoms with Gasteiger partial charge in [-0.05, 0) is 80.8 Å². The van der Waals surface area contributed by atoms with Gasteiger partial charge in [-0.1, -0.05) is 19.1 Å². The molecule has 2 aromatic rings. The van der Waals surface area contributed by atoms with Crippen molar-refractivity contribution in [2.45, 2.75) is 77.0 Å². The molecule has 0 saturated heterocycles. The lowest BCUT2D eigenvalue weighted by atomic mass is 10.00. The van der Waals surface area contributed by atoms with Crippen molar-refractivity contribution in [1.29, 1.82) is 0 Å². The quantitative estimate of drug-likeness (QED) is 0.468. The van der Waals surface area contributed by atoms with Crippen molar-refractivity contribution in [2.24, 2.45) is 5.10 Å². The van der Waals surface area contributed by atoms with Crippen LogP contribution in [0.4, 0.5) is 5.69 Å². The minimum Gasteiger partial charge on any atom is -0.493 e. The van der Waals surface area contributed by atoms with E-state index in [4.69, 9.17) is 14.6 Å². The fourth-order valence-corrected chi connectivity index (χ4v) is 4.67. The first kappa shape index (κ1) is 24.8. The molecule has 35 heavy (non-hydrogen) atoms. The van der Waals surface area contributed by atoms with Gasteiger partial charge in [0.05, 0.1) is 25.5 Å². The van der Waals surface area contributed by atoms with Crippen LogP contribution >= 0.6 is 0 Å². The van der Waals surface area contributed by atoms with E-state index in [1.165, 1.54) is 12.8 Å². The number of carbonyl (C=O) groups excluding carboxylic acids is 2. The number of anilines is 1. The van der Waals surface area contributed by atoms with Crippen molar-refractivity contribution in [2.75, 3.05) is 12.4 Å². The third-order valence-electron chi connectivity index (χ3n) is 6.62. The van der Waals surface area contributed by atoms with E-state index in [0.717, 1.165) is 66.0 Å². The van der Waals surface area contributed by atoms with Crippen molar-refractivity contribution >= 4 is 23.6 Å². The van der Waals surface area contributed by atoms with Gasteiger partial charge in [0.25, 0.3) is 0 Å². The lowest BCUT2D eigenvalue weighted by molar-refractivity contribution is -0.116. The molecule has 2 aliphatic rings. The van der Waals surface area contributed by atoms with Crippen LogP contribution in [-0.2, 0) is 16.1 Å². The molecule has 1 fully saturated rings.